The first-order valence-electron chi connectivity index (χ1n) is 11.5. The third-order valence-electron chi connectivity index (χ3n) is 7.61. The first-order valence-corrected chi connectivity index (χ1v) is 11.5. The van der Waals surface area contributed by atoms with Crippen molar-refractivity contribution < 1.29 is 9.90 Å². The Kier molecular flexibility index (Phi) is 5.28. The number of piperidine rings is 1. The molecule has 1 saturated heterocycles. The van der Waals surface area contributed by atoms with Crippen LogP contribution >= 0.6 is 0 Å². The Balaban J connectivity index is 1.37. The van der Waals surface area contributed by atoms with Crippen molar-refractivity contribution >= 4 is 5.91 Å². The summed E-state index contributed by atoms with van der Waals surface area (Å²) in [6, 6.07) is 17.6. The summed E-state index contributed by atoms with van der Waals surface area (Å²) < 4.78 is 0. The van der Waals surface area contributed by atoms with E-state index in [1.165, 1.54) is 24.9 Å². The Hall–Kier alpha value is -2.33. The zero-order chi connectivity index (χ0) is 20.6. The maximum Gasteiger partial charge on any atom is 0.251 e. The van der Waals surface area contributed by atoms with Crippen molar-refractivity contribution in [1.82, 2.24) is 10.2 Å². The highest BCUT2D eigenvalue weighted by molar-refractivity contribution is 5.94. The maximum atomic E-state index is 12.8. The number of benzene rings is 2. The second-order valence-corrected chi connectivity index (χ2v) is 9.67. The molecule has 158 valence electrons. The number of aromatic hydroxyl groups is 1. The van der Waals surface area contributed by atoms with E-state index in [1.807, 2.05) is 42.5 Å². The normalized spacial score (nSPS) is 29.2. The van der Waals surface area contributed by atoms with Crippen molar-refractivity contribution in [3.8, 4) is 5.75 Å². The molecule has 4 nitrogen and oxygen atoms in total. The Labute approximate surface area is 179 Å². The number of nitrogens with zero attached hydrogens (tertiary/aromatic N) is 1. The van der Waals surface area contributed by atoms with E-state index in [4.69, 9.17) is 0 Å². The Morgan fingerprint density at radius 3 is 2.67 bits per heavy atom. The average Bonchev–Trinajstić information content (AvgIpc) is 3.58. The SMILES string of the molecule is O=C(N[C@H]1CCC2CN(CC3CC3)CCC2(c2cccc(O)c2)C1)c1ccccc1. The Morgan fingerprint density at radius 2 is 1.90 bits per heavy atom. The van der Waals surface area contributed by atoms with Gasteiger partial charge in [-0.05, 0) is 86.7 Å². The Bertz CT molecular complexity index is 895. The molecule has 1 amide bonds. The first-order chi connectivity index (χ1) is 14.6. The zero-order valence-corrected chi connectivity index (χ0v) is 17.6. The second-order valence-electron chi connectivity index (χ2n) is 9.67. The Morgan fingerprint density at radius 1 is 1.07 bits per heavy atom. The van der Waals surface area contributed by atoms with Crippen LogP contribution in [0.4, 0.5) is 0 Å². The van der Waals surface area contributed by atoms with Gasteiger partial charge in [-0.3, -0.25) is 4.79 Å². The summed E-state index contributed by atoms with van der Waals surface area (Å²) in [6.45, 7) is 3.51. The van der Waals surface area contributed by atoms with Gasteiger partial charge in [0.25, 0.3) is 5.91 Å². The van der Waals surface area contributed by atoms with Crippen molar-refractivity contribution in [2.24, 2.45) is 11.8 Å². The number of carbonyl (C=O) groups excluding carboxylic acids is 1. The van der Waals surface area contributed by atoms with E-state index in [2.05, 4.69) is 16.3 Å². The molecule has 1 aliphatic heterocycles. The van der Waals surface area contributed by atoms with E-state index in [-0.39, 0.29) is 17.4 Å². The highest BCUT2D eigenvalue weighted by Gasteiger charge is 2.48. The number of hydrogen-bond donors (Lipinski definition) is 2. The maximum absolute atomic E-state index is 12.8. The molecule has 2 N–H and O–H groups in total. The zero-order valence-electron chi connectivity index (χ0n) is 17.6. The van der Waals surface area contributed by atoms with Gasteiger partial charge in [-0.2, -0.15) is 0 Å². The predicted octanol–water partition coefficient (Wildman–Crippen LogP) is 4.34. The van der Waals surface area contributed by atoms with Gasteiger partial charge in [0.15, 0.2) is 0 Å². The fourth-order valence-electron chi connectivity index (χ4n) is 5.85. The van der Waals surface area contributed by atoms with Crippen LogP contribution in [-0.2, 0) is 5.41 Å². The number of amides is 1. The van der Waals surface area contributed by atoms with Gasteiger partial charge in [0.1, 0.15) is 5.75 Å². The minimum absolute atomic E-state index is 0.0243. The molecule has 30 heavy (non-hydrogen) atoms. The van der Waals surface area contributed by atoms with Gasteiger partial charge in [0.05, 0.1) is 0 Å². The van der Waals surface area contributed by atoms with Crippen LogP contribution in [0.1, 0.15) is 54.4 Å². The molecule has 3 atom stereocenters. The van der Waals surface area contributed by atoms with Crippen LogP contribution in [0.25, 0.3) is 0 Å². The van der Waals surface area contributed by atoms with Crippen molar-refractivity contribution in [3.05, 3.63) is 65.7 Å². The van der Waals surface area contributed by atoms with E-state index < -0.39 is 0 Å². The lowest BCUT2D eigenvalue weighted by molar-refractivity contribution is 0.0403. The van der Waals surface area contributed by atoms with Gasteiger partial charge in [-0.15, -0.1) is 0 Å². The number of fused-ring (bicyclic) bond motifs is 1. The largest absolute Gasteiger partial charge is 0.508 e. The number of rotatable bonds is 5. The third kappa shape index (κ3) is 3.98. The number of phenols is 1. The molecule has 0 bridgehead atoms. The molecule has 2 saturated carbocycles. The van der Waals surface area contributed by atoms with Crippen LogP contribution in [0.15, 0.2) is 54.6 Å². The van der Waals surface area contributed by atoms with Crippen molar-refractivity contribution in [2.75, 3.05) is 19.6 Å². The lowest BCUT2D eigenvalue weighted by atomic mass is 9.58. The molecule has 0 aromatic heterocycles. The third-order valence-corrected chi connectivity index (χ3v) is 7.61. The van der Waals surface area contributed by atoms with Gasteiger partial charge in [0.2, 0.25) is 0 Å². The summed E-state index contributed by atoms with van der Waals surface area (Å²) in [4.78, 5) is 15.5. The molecule has 2 aromatic carbocycles. The van der Waals surface area contributed by atoms with E-state index in [1.54, 1.807) is 6.07 Å². The summed E-state index contributed by atoms with van der Waals surface area (Å²) in [7, 11) is 0. The van der Waals surface area contributed by atoms with Crippen LogP contribution in [0.2, 0.25) is 0 Å². The van der Waals surface area contributed by atoms with Crippen LogP contribution in [0, 0.1) is 11.8 Å². The predicted molar refractivity (Wildman–Crippen MR) is 119 cm³/mol. The second kappa shape index (κ2) is 8.07. The van der Waals surface area contributed by atoms with E-state index in [9.17, 15) is 9.90 Å². The van der Waals surface area contributed by atoms with Crippen LogP contribution in [0.5, 0.6) is 5.75 Å². The summed E-state index contributed by atoms with van der Waals surface area (Å²) in [6.07, 6.45) is 7.00. The molecule has 0 spiro atoms. The van der Waals surface area contributed by atoms with E-state index in [0.717, 1.165) is 50.3 Å². The molecule has 2 aliphatic carbocycles. The lowest BCUT2D eigenvalue weighted by Crippen LogP contribution is -2.56. The van der Waals surface area contributed by atoms with Crippen molar-refractivity contribution in [1.29, 1.82) is 0 Å². The molecule has 2 aromatic rings. The fraction of sp³-hybridized carbons (Fsp3) is 0.500. The van der Waals surface area contributed by atoms with Gasteiger partial charge >= 0.3 is 0 Å². The first kappa shape index (κ1) is 19.6. The number of phenolic OH excluding ortho intramolecular Hbond substituents is 1. The summed E-state index contributed by atoms with van der Waals surface area (Å²) >= 11 is 0. The van der Waals surface area contributed by atoms with Gasteiger partial charge in [-0.25, -0.2) is 0 Å². The molecular formula is C26H32N2O2. The number of hydrogen-bond acceptors (Lipinski definition) is 3. The summed E-state index contributed by atoms with van der Waals surface area (Å²) in [5, 5.41) is 13.5. The highest BCUT2D eigenvalue weighted by Crippen LogP contribution is 2.50. The van der Waals surface area contributed by atoms with Gasteiger partial charge < -0.3 is 15.3 Å². The van der Waals surface area contributed by atoms with Crippen LogP contribution in [0.3, 0.4) is 0 Å². The number of nitrogens with one attached hydrogen (secondary N) is 1. The smallest absolute Gasteiger partial charge is 0.251 e. The van der Waals surface area contributed by atoms with E-state index in [0.29, 0.717) is 11.7 Å². The standard InChI is InChI=1S/C26H32N2O2/c29-24-8-4-7-21(15-24)26-13-14-28(17-19-9-10-19)18-22(26)11-12-23(16-26)27-25(30)20-5-2-1-3-6-20/h1-8,15,19,22-23,29H,9-14,16-18H2,(H,27,30)/t22?,23-,26?/m0/s1. The fourth-order valence-corrected chi connectivity index (χ4v) is 5.85. The topological polar surface area (TPSA) is 52.6 Å². The monoisotopic (exact) mass is 404 g/mol. The van der Waals surface area contributed by atoms with Gasteiger partial charge in [-0.1, -0.05) is 30.3 Å². The van der Waals surface area contributed by atoms with Crippen LogP contribution < -0.4 is 5.32 Å². The molecule has 1 heterocycles. The number of carbonyl (C=O) groups is 1. The number of likely N-dealkylation sites (tertiary alicyclic amines) is 1. The summed E-state index contributed by atoms with van der Waals surface area (Å²) in [5.41, 5.74) is 2.01. The summed E-state index contributed by atoms with van der Waals surface area (Å²) in [5.74, 6) is 1.87. The molecular weight excluding hydrogens is 372 g/mol. The quantitative estimate of drug-likeness (QED) is 0.779. The highest BCUT2D eigenvalue weighted by atomic mass is 16.3. The molecule has 3 fully saturated rings. The van der Waals surface area contributed by atoms with E-state index >= 15 is 0 Å². The molecule has 3 aliphatic rings. The van der Waals surface area contributed by atoms with Crippen molar-refractivity contribution in [2.45, 2.75) is 50.0 Å². The van der Waals surface area contributed by atoms with Gasteiger partial charge in [0, 0.05) is 30.1 Å². The molecule has 4 heteroatoms. The minimum atomic E-state index is 0.0243. The molecule has 5 rings (SSSR count). The molecule has 2 unspecified atom stereocenters. The van der Waals surface area contributed by atoms with Crippen molar-refractivity contribution in [3.63, 3.8) is 0 Å². The van der Waals surface area contributed by atoms with Crippen LogP contribution in [-0.4, -0.2) is 41.6 Å². The molecule has 0 radical (unpaired) electrons. The minimum Gasteiger partial charge on any atom is -0.508 e. The average molecular weight is 405 g/mol. The lowest BCUT2D eigenvalue weighted by Gasteiger charge is -2.53.